The van der Waals surface area contributed by atoms with Crippen molar-refractivity contribution in [3.05, 3.63) is 18.3 Å². The second-order valence-electron chi connectivity index (χ2n) is 3.82. The predicted molar refractivity (Wildman–Crippen MR) is 64.0 cm³/mol. The van der Waals surface area contributed by atoms with Crippen molar-refractivity contribution in [1.29, 1.82) is 0 Å². The minimum atomic E-state index is 0.518. The molecule has 0 saturated heterocycles. The van der Waals surface area contributed by atoms with Crippen molar-refractivity contribution in [3.8, 4) is 11.6 Å². The third kappa shape index (κ3) is 4.49. The zero-order valence-corrected chi connectivity index (χ0v) is 10.2. The quantitative estimate of drug-likeness (QED) is 0.718. The van der Waals surface area contributed by atoms with Gasteiger partial charge in [0.1, 0.15) is 0 Å². The van der Waals surface area contributed by atoms with Crippen LogP contribution in [0.4, 0.5) is 0 Å². The summed E-state index contributed by atoms with van der Waals surface area (Å²) in [6.07, 6.45) is 2.65. The zero-order valence-electron chi connectivity index (χ0n) is 10.2. The summed E-state index contributed by atoms with van der Waals surface area (Å²) in [7, 11) is 1.62. The Labute approximate surface area is 97.0 Å². The highest BCUT2D eigenvalue weighted by atomic mass is 16.5. The first-order valence-electron chi connectivity index (χ1n) is 5.59. The van der Waals surface area contributed by atoms with Gasteiger partial charge in [-0.15, -0.1) is 0 Å². The van der Waals surface area contributed by atoms with E-state index in [1.54, 1.807) is 13.3 Å². The molecule has 0 aliphatic heterocycles. The number of hydrogen-bond donors (Lipinski definition) is 1. The molecule has 1 heterocycles. The van der Waals surface area contributed by atoms with Crippen molar-refractivity contribution in [1.82, 2.24) is 10.3 Å². The van der Waals surface area contributed by atoms with Gasteiger partial charge >= 0.3 is 0 Å². The van der Waals surface area contributed by atoms with Gasteiger partial charge in [0.15, 0.2) is 5.75 Å². The van der Waals surface area contributed by atoms with E-state index in [0.29, 0.717) is 24.3 Å². The molecule has 0 aliphatic carbocycles. The molecule has 0 saturated carbocycles. The summed E-state index contributed by atoms with van der Waals surface area (Å²) in [5.74, 6) is 1.24. The van der Waals surface area contributed by atoms with E-state index in [0.717, 1.165) is 13.0 Å². The van der Waals surface area contributed by atoms with Crippen molar-refractivity contribution >= 4 is 0 Å². The van der Waals surface area contributed by atoms with Crippen LogP contribution in [0.15, 0.2) is 18.3 Å². The average molecular weight is 224 g/mol. The number of ether oxygens (including phenoxy) is 2. The Kier molecular flexibility index (Phi) is 5.64. The molecule has 0 fully saturated rings. The maximum absolute atomic E-state index is 5.53. The van der Waals surface area contributed by atoms with Gasteiger partial charge in [-0.1, -0.05) is 13.8 Å². The standard InChI is InChI=1S/C12H20N2O2/c1-10(2)13-8-5-9-16-12-11(15-3)6-4-7-14-12/h4,6-7,10,13H,5,8-9H2,1-3H3. The van der Waals surface area contributed by atoms with Gasteiger partial charge in [-0.25, -0.2) is 4.98 Å². The van der Waals surface area contributed by atoms with Crippen LogP contribution in [0.1, 0.15) is 20.3 Å². The number of aromatic nitrogens is 1. The van der Waals surface area contributed by atoms with Crippen LogP contribution in [0.25, 0.3) is 0 Å². The average Bonchev–Trinajstić information content (AvgIpc) is 2.29. The molecule has 1 aromatic rings. The minimum absolute atomic E-state index is 0.518. The molecule has 0 atom stereocenters. The lowest BCUT2D eigenvalue weighted by atomic mass is 10.3. The van der Waals surface area contributed by atoms with E-state index in [-0.39, 0.29) is 0 Å². The Morgan fingerprint density at radius 1 is 1.44 bits per heavy atom. The summed E-state index contributed by atoms with van der Waals surface area (Å²) >= 11 is 0. The molecule has 1 aromatic heterocycles. The Morgan fingerprint density at radius 2 is 2.25 bits per heavy atom. The molecule has 0 radical (unpaired) electrons. The zero-order chi connectivity index (χ0) is 11.8. The van der Waals surface area contributed by atoms with E-state index in [9.17, 15) is 0 Å². The van der Waals surface area contributed by atoms with Crippen LogP contribution in [-0.4, -0.2) is 31.3 Å². The van der Waals surface area contributed by atoms with Crippen LogP contribution in [0, 0.1) is 0 Å². The molecule has 0 amide bonds. The Morgan fingerprint density at radius 3 is 2.94 bits per heavy atom. The van der Waals surface area contributed by atoms with Crippen molar-refractivity contribution in [2.45, 2.75) is 26.3 Å². The number of rotatable bonds is 7. The lowest BCUT2D eigenvalue weighted by Gasteiger charge is -2.10. The molecular formula is C12H20N2O2. The largest absolute Gasteiger partial charge is 0.491 e. The topological polar surface area (TPSA) is 43.4 Å². The van der Waals surface area contributed by atoms with E-state index in [1.807, 2.05) is 12.1 Å². The first-order valence-corrected chi connectivity index (χ1v) is 5.59. The summed E-state index contributed by atoms with van der Waals surface area (Å²) in [5.41, 5.74) is 0. The molecule has 90 valence electrons. The summed E-state index contributed by atoms with van der Waals surface area (Å²) < 4.78 is 10.7. The van der Waals surface area contributed by atoms with E-state index < -0.39 is 0 Å². The number of nitrogens with zero attached hydrogens (tertiary/aromatic N) is 1. The fraction of sp³-hybridized carbons (Fsp3) is 0.583. The second kappa shape index (κ2) is 7.06. The van der Waals surface area contributed by atoms with E-state index in [2.05, 4.69) is 24.1 Å². The molecule has 1 N–H and O–H groups in total. The summed E-state index contributed by atoms with van der Waals surface area (Å²) in [6, 6.07) is 4.19. The number of pyridine rings is 1. The lowest BCUT2D eigenvalue weighted by Crippen LogP contribution is -2.24. The van der Waals surface area contributed by atoms with Crippen molar-refractivity contribution < 1.29 is 9.47 Å². The molecule has 0 bridgehead atoms. The molecule has 4 heteroatoms. The lowest BCUT2D eigenvalue weighted by molar-refractivity contribution is 0.275. The summed E-state index contributed by atoms with van der Waals surface area (Å²) in [4.78, 5) is 4.11. The highest BCUT2D eigenvalue weighted by Gasteiger charge is 2.03. The highest BCUT2D eigenvalue weighted by molar-refractivity contribution is 5.32. The number of nitrogens with one attached hydrogen (secondary N) is 1. The van der Waals surface area contributed by atoms with Gasteiger partial charge in [0.05, 0.1) is 13.7 Å². The first kappa shape index (κ1) is 12.8. The van der Waals surface area contributed by atoms with Gasteiger partial charge in [-0.3, -0.25) is 0 Å². The summed E-state index contributed by atoms with van der Waals surface area (Å²) in [6.45, 7) is 5.85. The van der Waals surface area contributed by atoms with Gasteiger partial charge in [0, 0.05) is 12.2 Å². The molecule has 1 rings (SSSR count). The van der Waals surface area contributed by atoms with Crippen molar-refractivity contribution in [3.63, 3.8) is 0 Å². The monoisotopic (exact) mass is 224 g/mol. The maximum Gasteiger partial charge on any atom is 0.256 e. The van der Waals surface area contributed by atoms with Gasteiger partial charge in [0.2, 0.25) is 0 Å². The smallest absolute Gasteiger partial charge is 0.256 e. The van der Waals surface area contributed by atoms with Gasteiger partial charge in [0.25, 0.3) is 5.88 Å². The molecule has 0 spiro atoms. The van der Waals surface area contributed by atoms with E-state index in [4.69, 9.17) is 9.47 Å². The Hall–Kier alpha value is -1.29. The van der Waals surface area contributed by atoms with E-state index in [1.165, 1.54) is 0 Å². The molecule has 16 heavy (non-hydrogen) atoms. The van der Waals surface area contributed by atoms with Gasteiger partial charge < -0.3 is 14.8 Å². The number of methoxy groups -OCH3 is 1. The normalized spacial score (nSPS) is 10.5. The molecule has 4 nitrogen and oxygen atoms in total. The Balaban J connectivity index is 2.26. The second-order valence-corrected chi connectivity index (χ2v) is 3.82. The van der Waals surface area contributed by atoms with Crippen LogP contribution in [0.5, 0.6) is 11.6 Å². The van der Waals surface area contributed by atoms with Crippen LogP contribution in [0.2, 0.25) is 0 Å². The first-order chi connectivity index (χ1) is 7.74. The van der Waals surface area contributed by atoms with Crippen molar-refractivity contribution in [2.75, 3.05) is 20.3 Å². The summed E-state index contributed by atoms with van der Waals surface area (Å²) in [5, 5.41) is 3.33. The minimum Gasteiger partial charge on any atom is -0.491 e. The van der Waals surface area contributed by atoms with E-state index >= 15 is 0 Å². The van der Waals surface area contributed by atoms with Crippen LogP contribution in [0.3, 0.4) is 0 Å². The third-order valence-corrected chi connectivity index (χ3v) is 2.07. The van der Waals surface area contributed by atoms with Gasteiger partial charge in [-0.2, -0.15) is 0 Å². The van der Waals surface area contributed by atoms with Gasteiger partial charge in [-0.05, 0) is 25.1 Å². The fourth-order valence-electron chi connectivity index (χ4n) is 1.27. The van der Waals surface area contributed by atoms with Crippen LogP contribution >= 0.6 is 0 Å². The number of hydrogen-bond acceptors (Lipinski definition) is 4. The molecule has 0 aromatic carbocycles. The van der Waals surface area contributed by atoms with Crippen LogP contribution in [-0.2, 0) is 0 Å². The molecule has 0 unspecified atom stereocenters. The third-order valence-electron chi connectivity index (χ3n) is 2.07. The molecule has 0 aliphatic rings. The fourth-order valence-corrected chi connectivity index (χ4v) is 1.27. The molecular weight excluding hydrogens is 204 g/mol. The Bertz CT molecular complexity index is 303. The highest BCUT2D eigenvalue weighted by Crippen LogP contribution is 2.22. The SMILES string of the molecule is COc1cccnc1OCCCNC(C)C. The van der Waals surface area contributed by atoms with Crippen LogP contribution < -0.4 is 14.8 Å². The maximum atomic E-state index is 5.53. The predicted octanol–water partition coefficient (Wildman–Crippen LogP) is 1.86. The van der Waals surface area contributed by atoms with Crippen molar-refractivity contribution in [2.24, 2.45) is 0 Å².